The Bertz CT molecular complexity index is 967. The lowest BCUT2D eigenvalue weighted by atomic mass is 10.1. The Balaban J connectivity index is 1.64. The number of rotatable bonds is 8. The third kappa shape index (κ3) is 5.74. The van der Waals surface area contributed by atoms with Crippen molar-refractivity contribution < 1.29 is 23.5 Å². The van der Waals surface area contributed by atoms with Crippen LogP contribution in [-0.2, 0) is 20.9 Å². The van der Waals surface area contributed by atoms with Crippen molar-refractivity contribution in [2.24, 2.45) is 5.73 Å². The summed E-state index contributed by atoms with van der Waals surface area (Å²) in [4.78, 5) is 33.4. The van der Waals surface area contributed by atoms with E-state index in [1.54, 1.807) is 17.0 Å². The van der Waals surface area contributed by atoms with Gasteiger partial charge in [-0.3, -0.25) is 15.0 Å². The van der Waals surface area contributed by atoms with Crippen LogP contribution in [0.2, 0.25) is 0 Å². The third-order valence-corrected chi connectivity index (χ3v) is 4.81. The van der Waals surface area contributed by atoms with Gasteiger partial charge in [0.2, 0.25) is 5.91 Å². The molecule has 1 aromatic heterocycles. The zero-order valence-electron chi connectivity index (χ0n) is 17.1. The van der Waals surface area contributed by atoms with Crippen LogP contribution in [0.1, 0.15) is 31.7 Å². The number of hydrogen-bond acceptors (Lipinski definition) is 7. The van der Waals surface area contributed by atoms with Gasteiger partial charge < -0.3 is 20.1 Å². The molecule has 3 rings (SSSR count). The van der Waals surface area contributed by atoms with Gasteiger partial charge in [-0.1, -0.05) is 25.1 Å². The minimum Gasteiger partial charge on any atom is -0.460 e. The number of nitrogens with one attached hydrogen (secondary N) is 1. The zero-order valence-corrected chi connectivity index (χ0v) is 17.1. The van der Waals surface area contributed by atoms with Crippen molar-refractivity contribution in [2.75, 3.05) is 13.1 Å². The van der Waals surface area contributed by atoms with E-state index in [1.165, 1.54) is 18.5 Å². The van der Waals surface area contributed by atoms with E-state index in [0.717, 1.165) is 0 Å². The highest BCUT2D eigenvalue weighted by molar-refractivity contribution is 5.94. The zero-order chi connectivity index (χ0) is 22.4. The van der Waals surface area contributed by atoms with Gasteiger partial charge >= 0.3 is 12.0 Å². The summed E-state index contributed by atoms with van der Waals surface area (Å²) in [7, 11) is 0. The van der Waals surface area contributed by atoms with Gasteiger partial charge in [-0.2, -0.15) is 0 Å². The summed E-state index contributed by atoms with van der Waals surface area (Å²) in [5.41, 5.74) is 6.03. The molecule has 1 unspecified atom stereocenters. The van der Waals surface area contributed by atoms with E-state index < -0.39 is 11.8 Å². The number of aromatic nitrogens is 2. The molecule has 9 nitrogen and oxygen atoms in total. The summed E-state index contributed by atoms with van der Waals surface area (Å²) in [6, 6.07) is 4.87. The SMILES string of the molecule is CCC(=O)N1CCC(Oc2ncc(-c3cccc(COC(=O)CC(=N)N)c3F)cn2)C1. The smallest absolute Gasteiger partial charge is 0.316 e. The number of benzene rings is 1. The molecular formula is C21H24FN5O4. The molecule has 1 aliphatic heterocycles. The fourth-order valence-corrected chi connectivity index (χ4v) is 3.22. The molecule has 1 fully saturated rings. The summed E-state index contributed by atoms with van der Waals surface area (Å²) < 4.78 is 25.6. The van der Waals surface area contributed by atoms with Crippen LogP contribution in [0.25, 0.3) is 11.1 Å². The van der Waals surface area contributed by atoms with Crippen LogP contribution in [0.15, 0.2) is 30.6 Å². The topological polar surface area (TPSA) is 131 Å². The number of ether oxygens (including phenoxy) is 2. The second-order valence-corrected chi connectivity index (χ2v) is 7.12. The monoisotopic (exact) mass is 429 g/mol. The fraction of sp³-hybridized carbons (Fsp3) is 0.381. The fourth-order valence-electron chi connectivity index (χ4n) is 3.22. The largest absolute Gasteiger partial charge is 0.460 e. The number of likely N-dealkylation sites (tertiary alicyclic amines) is 1. The first kappa shape index (κ1) is 22.1. The molecule has 1 atom stereocenters. The van der Waals surface area contributed by atoms with Crippen molar-refractivity contribution in [1.29, 1.82) is 5.41 Å². The first-order valence-electron chi connectivity index (χ1n) is 9.90. The summed E-state index contributed by atoms with van der Waals surface area (Å²) >= 11 is 0. The Hall–Kier alpha value is -3.56. The van der Waals surface area contributed by atoms with E-state index in [9.17, 15) is 14.0 Å². The summed E-state index contributed by atoms with van der Waals surface area (Å²) in [6.45, 7) is 2.69. The van der Waals surface area contributed by atoms with E-state index in [-0.39, 0.29) is 48.0 Å². The molecule has 1 aromatic carbocycles. The van der Waals surface area contributed by atoms with Crippen molar-refractivity contribution in [3.63, 3.8) is 0 Å². The molecule has 0 radical (unpaired) electrons. The van der Waals surface area contributed by atoms with Gasteiger partial charge in [0.05, 0.1) is 6.54 Å². The number of amidine groups is 1. The molecule has 1 amide bonds. The normalized spacial score (nSPS) is 15.5. The van der Waals surface area contributed by atoms with Crippen molar-refractivity contribution in [3.05, 3.63) is 42.0 Å². The molecule has 31 heavy (non-hydrogen) atoms. The quantitative estimate of drug-likeness (QED) is 0.373. The lowest BCUT2D eigenvalue weighted by Crippen LogP contribution is -2.30. The first-order chi connectivity index (χ1) is 14.9. The molecule has 0 saturated carbocycles. The van der Waals surface area contributed by atoms with Crippen molar-refractivity contribution in [3.8, 4) is 17.1 Å². The Morgan fingerprint density at radius 2 is 2.06 bits per heavy atom. The van der Waals surface area contributed by atoms with Gasteiger partial charge in [0.15, 0.2) is 0 Å². The van der Waals surface area contributed by atoms with Crippen LogP contribution < -0.4 is 10.5 Å². The number of nitrogens with two attached hydrogens (primary N) is 1. The highest BCUT2D eigenvalue weighted by Gasteiger charge is 2.27. The molecule has 164 valence electrons. The summed E-state index contributed by atoms with van der Waals surface area (Å²) in [5.74, 6) is -1.49. The molecule has 0 aliphatic carbocycles. The van der Waals surface area contributed by atoms with E-state index in [0.29, 0.717) is 31.5 Å². The van der Waals surface area contributed by atoms with Gasteiger partial charge in [-0.15, -0.1) is 0 Å². The summed E-state index contributed by atoms with van der Waals surface area (Å²) in [6.07, 6.45) is 3.55. The van der Waals surface area contributed by atoms with Crippen LogP contribution in [0, 0.1) is 11.2 Å². The summed E-state index contributed by atoms with van der Waals surface area (Å²) in [5, 5.41) is 7.08. The highest BCUT2D eigenvalue weighted by Crippen LogP contribution is 2.25. The van der Waals surface area contributed by atoms with Crippen molar-refractivity contribution in [2.45, 2.75) is 38.9 Å². The number of nitrogens with zero attached hydrogens (tertiary/aromatic N) is 3. The maximum absolute atomic E-state index is 14.9. The van der Waals surface area contributed by atoms with Gasteiger partial charge in [-0.25, -0.2) is 14.4 Å². The number of hydrogen-bond donors (Lipinski definition) is 2. The molecule has 2 heterocycles. The lowest BCUT2D eigenvalue weighted by molar-refractivity contribution is -0.143. The minimum atomic E-state index is -0.701. The predicted molar refractivity (Wildman–Crippen MR) is 110 cm³/mol. The maximum atomic E-state index is 14.9. The second kappa shape index (κ2) is 9.96. The van der Waals surface area contributed by atoms with E-state index in [2.05, 4.69) is 9.97 Å². The highest BCUT2D eigenvalue weighted by atomic mass is 19.1. The lowest BCUT2D eigenvalue weighted by Gasteiger charge is -2.15. The minimum absolute atomic E-state index is 0.0877. The standard InChI is InChI=1S/C21H24FN5O4/c1-2-18(28)27-7-6-15(11-27)31-21-25-9-14(10-26-21)16-5-3-4-13(20(16)22)12-30-19(29)8-17(23)24/h3-5,9-10,15H,2,6-8,11-12H2,1H3,(H3,23,24). The van der Waals surface area contributed by atoms with E-state index in [4.69, 9.17) is 20.6 Å². The first-order valence-corrected chi connectivity index (χ1v) is 9.90. The molecule has 10 heteroatoms. The van der Waals surface area contributed by atoms with Crippen LogP contribution >= 0.6 is 0 Å². The van der Waals surface area contributed by atoms with Gasteiger partial charge in [-0.05, 0) is 0 Å². The van der Waals surface area contributed by atoms with Crippen LogP contribution in [0.5, 0.6) is 6.01 Å². The number of halogens is 1. The van der Waals surface area contributed by atoms with E-state index in [1.807, 2.05) is 6.92 Å². The van der Waals surface area contributed by atoms with Crippen LogP contribution in [0.3, 0.4) is 0 Å². The maximum Gasteiger partial charge on any atom is 0.316 e. The average molecular weight is 429 g/mol. The van der Waals surface area contributed by atoms with Gasteiger partial charge in [0, 0.05) is 48.5 Å². The Morgan fingerprint density at radius 3 is 2.74 bits per heavy atom. The molecule has 1 aliphatic rings. The molecule has 1 saturated heterocycles. The average Bonchev–Trinajstić information content (AvgIpc) is 3.21. The molecule has 2 aromatic rings. The van der Waals surface area contributed by atoms with Gasteiger partial charge in [0.1, 0.15) is 30.8 Å². The Morgan fingerprint density at radius 1 is 1.32 bits per heavy atom. The second-order valence-electron chi connectivity index (χ2n) is 7.12. The van der Waals surface area contributed by atoms with Crippen LogP contribution in [-0.4, -0.2) is 51.8 Å². The van der Waals surface area contributed by atoms with Crippen LogP contribution in [0.4, 0.5) is 4.39 Å². The number of amides is 1. The predicted octanol–water partition coefficient (Wildman–Crippen LogP) is 2.04. The third-order valence-electron chi connectivity index (χ3n) is 4.81. The number of esters is 1. The molecular weight excluding hydrogens is 405 g/mol. The number of carbonyl (C=O) groups is 2. The van der Waals surface area contributed by atoms with Crippen molar-refractivity contribution in [1.82, 2.24) is 14.9 Å². The Kier molecular flexibility index (Phi) is 7.11. The van der Waals surface area contributed by atoms with Gasteiger partial charge in [0.25, 0.3) is 0 Å². The molecule has 0 bridgehead atoms. The molecule has 3 N–H and O–H groups in total. The Labute approximate surface area is 178 Å². The number of carbonyl (C=O) groups excluding carboxylic acids is 2. The van der Waals surface area contributed by atoms with Crippen molar-refractivity contribution >= 4 is 17.7 Å². The van der Waals surface area contributed by atoms with E-state index >= 15 is 0 Å². The molecule has 0 spiro atoms.